The molecule has 1 heterocycles. The van der Waals surface area contributed by atoms with Crippen molar-refractivity contribution in [3.63, 3.8) is 0 Å². The van der Waals surface area contributed by atoms with Crippen LogP contribution in [0, 0.1) is 0 Å². The van der Waals surface area contributed by atoms with E-state index >= 15 is 0 Å². The summed E-state index contributed by atoms with van der Waals surface area (Å²) in [7, 11) is 1.79. The zero-order valence-corrected chi connectivity index (χ0v) is 11.4. The summed E-state index contributed by atoms with van der Waals surface area (Å²) in [6.07, 6.45) is 3.39. The third-order valence-electron chi connectivity index (χ3n) is 2.50. The van der Waals surface area contributed by atoms with Crippen molar-refractivity contribution >= 4 is 27.5 Å². The van der Waals surface area contributed by atoms with Crippen LogP contribution in [0.25, 0.3) is 0 Å². The quantitative estimate of drug-likeness (QED) is 0.905. The Kier molecular flexibility index (Phi) is 3.66. The first-order valence-corrected chi connectivity index (χ1v) is 6.15. The van der Waals surface area contributed by atoms with Crippen LogP contribution in [0.4, 0.5) is 5.69 Å². The topological polar surface area (TPSA) is 72.9 Å². The van der Waals surface area contributed by atoms with E-state index < -0.39 is 11.9 Å². The van der Waals surface area contributed by atoms with Crippen molar-refractivity contribution < 1.29 is 4.79 Å². The number of halogens is 1. The van der Waals surface area contributed by atoms with E-state index in [0.29, 0.717) is 0 Å². The number of rotatable bonds is 4. The number of nitrogens with two attached hydrogens (primary N) is 1. The van der Waals surface area contributed by atoms with E-state index in [0.717, 1.165) is 15.7 Å². The molecule has 0 saturated carbocycles. The highest BCUT2D eigenvalue weighted by atomic mass is 79.9. The van der Waals surface area contributed by atoms with Gasteiger partial charge in [-0.15, -0.1) is 0 Å². The van der Waals surface area contributed by atoms with E-state index in [4.69, 9.17) is 5.73 Å². The second kappa shape index (κ2) is 5.22. The van der Waals surface area contributed by atoms with Gasteiger partial charge in [-0.05, 0) is 24.3 Å². The maximum Gasteiger partial charge on any atom is 0.244 e. The molecule has 0 aliphatic carbocycles. The monoisotopic (exact) mass is 308 g/mol. The molecule has 0 saturated heterocycles. The van der Waals surface area contributed by atoms with Crippen LogP contribution < -0.4 is 11.1 Å². The van der Waals surface area contributed by atoms with E-state index in [2.05, 4.69) is 26.3 Å². The number of carbonyl (C=O) groups excluding carboxylic acids is 1. The van der Waals surface area contributed by atoms with Crippen LogP contribution in [0.1, 0.15) is 11.6 Å². The first-order chi connectivity index (χ1) is 8.56. The molecule has 0 aliphatic heterocycles. The Bertz CT molecular complexity index is 549. The number of anilines is 1. The van der Waals surface area contributed by atoms with Crippen LogP contribution in [0.2, 0.25) is 0 Å². The van der Waals surface area contributed by atoms with Crippen LogP contribution >= 0.6 is 15.9 Å². The molecule has 94 valence electrons. The molecular weight excluding hydrogens is 296 g/mol. The number of aromatic nitrogens is 2. The normalized spacial score (nSPS) is 12.1. The summed E-state index contributed by atoms with van der Waals surface area (Å²) in [5.41, 5.74) is 6.98. The van der Waals surface area contributed by atoms with Gasteiger partial charge in [-0.25, -0.2) is 0 Å². The lowest BCUT2D eigenvalue weighted by atomic mass is 10.1. The first kappa shape index (κ1) is 12.6. The molecule has 2 aromatic rings. The SMILES string of the molecule is Cn1cc(C(Nc2ccc(Br)cc2)C(N)=O)cn1. The van der Waals surface area contributed by atoms with Crippen molar-refractivity contribution in [3.8, 4) is 0 Å². The predicted molar refractivity (Wildman–Crippen MR) is 72.9 cm³/mol. The lowest BCUT2D eigenvalue weighted by Crippen LogP contribution is -2.27. The standard InChI is InChI=1S/C12H13BrN4O/c1-17-7-8(6-15-17)11(12(14)18)16-10-4-2-9(13)3-5-10/h2-7,11,16H,1H3,(H2,14,18). The third-order valence-corrected chi connectivity index (χ3v) is 3.03. The van der Waals surface area contributed by atoms with Crippen molar-refractivity contribution in [2.75, 3.05) is 5.32 Å². The lowest BCUT2D eigenvalue weighted by molar-refractivity contribution is -0.118. The molecule has 1 atom stereocenters. The Morgan fingerprint density at radius 1 is 1.44 bits per heavy atom. The van der Waals surface area contributed by atoms with Gasteiger partial charge >= 0.3 is 0 Å². The van der Waals surface area contributed by atoms with Crippen LogP contribution in [0.5, 0.6) is 0 Å². The van der Waals surface area contributed by atoms with Crippen molar-refractivity contribution in [2.24, 2.45) is 12.8 Å². The van der Waals surface area contributed by atoms with Gasteiger partial charge in [-0.3, -0.25) is 9.48 Å². The molecule has 0 spiro atoms. The zero-order valence-electron chi connectivity index (χ0n) is 9.80. The van der Waals surface area contributed by atoms with Crippen molar-refractivity contribution in [1.29, 1.82) is 0 Å². The number of nitrogens with one attached hydrogen (secondary N) is 1. The van der Waals surface area contributed by atoms with E-state index in [1.807, 2.05) is 24.3 Å². The number of primary amides is 1. The summed E-state index contributed by atoms with van der Waals surface area (Å²) in [6.45, 7) is 0. The van der Waals surface area contributed by atoms with E-state index in [9.17, 15) is 4.79 Å². The molecule has 5 nitrogen and oxygen atoms in total. The molecule has 1 amide bonds. The molecule has 2 rings (SSSR count). The average molecular weight is 309 g/mol. The third kappa shape index (κ3) is 2.89. The predicted octanol–water partition coefficient (Wildman–Crippen LogP) is 1.82. The summed E-state index contributed by atoms with van der Waals surface area (Å²) in [5, 5.41) is 7.12. The van der Waals surface area contributed by atoms with Crippen molar-refractivity contribution in [3.05, 3.63) is 46.7 Å². The first-order valence-electron chi connectivity index (χ1n) is 5.36. The van der Waals surface area contributed by atoms with Gasteiger partial charge in [0, 0.05) is 29.0 Å². The summed E-state index contributed by atoms with van der Waals surface area (Å²) in [6, 6.07) is 6.94. The molecule has 6 heteroatoms. The van der Waals surface area contributed by atoms with Gasteiger partial charge in [0.15, 0.2) is 0 Å². The minimum Gasteiger partial charge on any atom is -0.370 e. The van der Waals surface area contributed by atoms with Crippen LogP contribution in [-0.4, -0.2) is 15.7 Å². The maximum absolute atomic E-state index is 11.5. The minimum absolute atomic E-state index is 0.439. The zero-order chi connectivity index (χ0) is 13.1. The Hall–Kier alpha value is -1.82. The van der Waals surface area contributed by atoms with Crippen LogP contribution in [0.3, 0.4) is 0 Å². The highest BCUT2D eigenvalue weighted by Crippen LogP contribution is 2.20. The fourth-order valence-electron chi connectivity index (χ4n) is 1.62. The Balaban J connectivity index is 2.22. The largest absolute Gasteiger partial charge is 0.370 e. The second-order valence-electron chi connectivity index (χ2n) is 3.93. The van der Waals surface area contributed by atoms with Crippen molar-refractivity contribution in [1.82, 2.24) is 9.78 Å². The molecule has 1 aromatic heterocycles. The Morgan fingerprint density at radius 3 is 2.61 bits per heavy atom. The van der Waals surface area contributed by atoms with Crippen LogP contribution in [-0.2, 0) is 11.8 Å². The number of nitrogens with zero attached hydrogens (tertiary/aromatic N) is 2. The van der Waals surface area contributed by atoms with Gasteiger partial charge in [0.2, 0.25) is 5.91 Å². The van der Waals surface area contributed by atoms with Gasteiger partial charge < -0.3 is 11.1 Å². The Labute approximate surface area is 113 Å². The molecule has 3 N–H and O–H groups in total. The van der Waals surface area contributed by atoms with E-state index in [1.54, 1.807) is 24.1 Å². The molecule has 0 radical (unpaired) electrons. The molecule has 0 bridgehead atoms. The van der Waals surface area contributed by atoms with E-state index in [1.165, 1.54) is 0 Å². The molecule has 18 heavy (non-hydrogen) atoms. The van der Waals surface area contributed by atoms with Crippen molar-refractivity contribution in [2.45, 2.75) is 6.04 Å². The fraction of sp³-hybridized carbons (Fsp3) is 0.167. The smallest absolute Gasteiger partial charge is 0.244 e. The number of aryl methyl sites for hydroxylation is 1. The molecular formula is C12H13BrN4O. The summed E-state index contributed by atoms with van der Waals surface area (Å²) >= 11 is 3.36. The second-order valence-corrected chi connectivity index (χ2v) is 4.85. The van der Waals surface area contributed by atoms with E-state index in [-0.39, 0.29) is 0 Å². The molecule has 0 fully saturated rings. The summed E-state index contributed by atoms with van der Waals surface area (Å²) < 4.78 is 2.61. The number of benzene rings is 1. The number of carbonyl (C=O) groups is 1. The maximum atomic E-state index is 11.5. The van der Waals surface area contributed by atoms with Crippen LogP contribution in [0.15, 0.2) is 41.1 Å². The van der Waals surface area contributed by atoms with Gasteiger partial charge in [-0.1, -0.05) is 15.9 Å². The minimum atomic E-state index is -0.583. The van der Waals surface area contributed by atoms with Gasteiger partial charge in [0.05, 0.1) is 6.20 Å². The summed E-state index contributed by atoms with van der Waals surface area (Å²) in [4.78, 5) is 11.5. The van der Waals surface area contributed by atoms with Gasteiger partial charge in [0.1, 0.15) is 6.04 Å². The van der Waals surface area contributed by atoms with Gasteiger partial charge in [-0.2, -0.15) is 5.10 Å². The number of amides is 1. The van der Waals surface area contributed by atoms with Gasteiger partial charge in [0.25, 0.3) is 0 Å². The fourth-order valence-corrected chi connectivity index (χ4v) is 1.89. The highest BCUT2D eigenvalue weighted by molar-refractivity contribution is 9.10. The molecule has 1 unspecified atom stereocenters. The lowest BCUT2D eigenvalue weighted by Gasteiger charge is -2.15. The Morgan fingerprint density at radius 2 is 2.11 bits per heavy atom. The highest BCUT2D eigenvalue weighted by Gasteiger charge is 2.18. The number of hydrogen-bond acceptors (Lipinski definition) is 3. The molecule has 1 aromatic carbocycles. The average Bonchev–Trinajstić information content (AvgIpc) is 2.74. The number of hydrogen-bond donors (Lipinski definition) is 2. The molecule has 0 aliphatic rings. The summed E-state index contributed by atoms with van der Waals surface area (Å²) in [5.74, 6) is -0.439.